The summed E-state index contributed by atoms with van der Waals surface area (Å²) in [6.07, 6.45) is 7.36. The summed E-state index contributed by atoms with van der Waals surface area (Å²) in [5.74, 6) is 2.45. The molecule has 1 amide bonds. The van der Waals surface area contributed by atoms with Gasteiger partial charge in [0.05, 0.1) is 17.8 Å². The van der Waals surface area contributed by atoms with Gasteiger partial charge in [0, 0.05) is 17.3 Å². The van der Waals surface area contributed by atoms with E-state index in [-0.39, 0.29) is 27.8 Å². The summed E-state index contributed by atoms with van der Waals surface area (Å²) < 4.78 is 30.7. The molecule has 5 fully saturated rings. The van der Waals surface area contributed by atoms with Gasteiger partial charge in [-0.15, -0.1) is 0 Å². The van der Waals surface area contributed by atoms with E-state index in [9.17, 15) is 18.0 Å². The van der Waals surface area contributed by atoms with Crippen molar-refractivity contribution in [1.82, 2.24) is 0 Å². The monoisotopic (exact) mass is 459 g/mol. The zero-order valence-corrected chi connectivity index (χ0v) is 19.5. The van der Waals surface area contributed by atoms with Crippen LogP contribution in [0.15, 0.2) is 29.2 Å². The highest BCUT2D eigenvalue weighted by molar-refractivity contribution is 7.91. The highest BCUT2D eigenvalue weighted by Gasteiger charge is 2.59. The summed E-state index contributed by atoms with van der Waals surface area (Å²) in [7, 11) is -1.89. The van der Waals surface area contributed by atoms with E-state index in [2.05, 4.69) is 0 Å². The number of methoxy groups -OCH3 is 1. The highest BCUT2D eigenvalue weighted by atomic mass is 32.2. The van der Waals surface area contributed by atoms with Gasteiger partial charge in [-0.3, -0.25) is 9.59 Å². The lowest BCUT2D eigenvalue weighted by Gasteiger charge is -2.59. The summed E-state index contributed by atoms with van der Waals surface area (Å²) in [6.45, 7) is 0. The number of sulfone groups is 1. The van der Waals surface area contributed by atoms with Crippen LogP contribution in [0.5, 0.6) is 5.75 Å². The Hall–Kier alpha value is -1.89. The molecule has 174 valence electrons. The molecule has 2 N–H and O–H groups in total. The Morgan fingerprint density at radius 3 is 2.22 bits per heavy atom. The maximum atomic E-state index is 13.4. The number of Topliss-reactive ketones (excluding diaryl/α,β-unsaturated/α-hetero) is 1. The Bertz CT molecular complexity index is 1010. The smallest absolute Gasteiger partial charge is 0.223 e. The average Bonchev–Trinajstić information content (AvgIpc) is 3.56. The van der Waals surface area contributed by atoms with Gasteiger partial charge in [0.1, 0.15) is 11.5 Å². The molecule has 5 aliphatic rings. The van der Waals surface area contributed by atoms with Gasteiger partial charge in [-0.1, -0.05) is 0 Å². The number of nitrogens with two attached hydrogens (primary N) is 1. The van der Waals surface area contributed by atoms with Gasteiger partial charge in [0.2, 0.25) is 5.91 Å². The molecule has 2 unspecified atom stereocenters. The normalized spacial score (nSPS) is 34.3. The number of rotatable bonds is 9. The van der Waals surface area contributed by atoms with Crippen molar-refractivity contribution in [3.63, 3.8) is 0 Å². The molecular formula is C25H33NO5S. The van der Waals surface area contributed by atoms with E-state index in [1.807, 2.05) is 0 Å². The third-order valence-electron chi connectivity index (χ3n) is 9.13. The topological polar surface area (TPSA) is 104 Å². The molecule has 32 heavy (non-hydrogen) atoms. The van der Waals surface area contributed by atoms with Crippen molar-refractivity contribution in [1.29, 1.82) is 0 Å². The van der Waals surface area contributed by atoms with Crippen molar-refractivity contribution in [2.24, 2.45) is 40.2 Å². The van der Waals surface area contributed by atoms with Gasteiger partial charge in [-0.05, 0) is 99.3 Å². The first kappa shape index (κ1) is 21.9. The van der Waals surface area contributed by atoms with Crippen LogP contribution in [0.2, 0.25) is 0 Å². The van der Waals surface area contributed by atoms with Crippen molar-refractivity contribution >= 4 is 21.5 Å². The summed E-state index contributed by atoms with van der Waals surface area (Å²) in [5.41, 5.74) is 5.00. The largest absolute Gasteiger partial charge is 0.497 e. The van der Waals surface area contributed by atoms with Crippen LogP contribution < -0.4 is 10.5 Å². The first-order chi connectivity index (χ1) is 15.2. The Labute approximate surface area is 190 Å². The Morgan fingerprint density at radius 2 is 1.69 bits per heavy atom. The minimum Gasteiger partial charge on any atom is -0.497 e. The highest BCUT2D eigenvalue weighted by Crippen LogP contribution is 2.63. The number of carbonyl (C=O) groups excluding carboxylic acids is 2. The van der Waals surface area contributed by atoms with Gasteiger partial charge in [0.25, 0.3) is 0 Å². The van der Waals surface area contributed by atoms with Crippen LogP contribution in [0, 0.1) is 34.5 Å². The Kier molecular flexibility index (Phi) is 5.19. The molecule has 0 radical (unpaired) electrons. The number of benzene rings is 1. The van der Waals surface area contributed by atoms with Crippen molar-refractivity contribution in [3.8, 4) is 5.75 Å². The minimum atomic E-state index is -3.44. The fourth-order valence-corrected chi connectivity index (χ4v) is 8.69. The Morgan fingerprint density at radius 1 is 1.06 bits per heavy atom. The standard InChI is InChI=1S/C25H33NO5S/c1-31-19-2-4-20(5-3-19)32(29,30)9-8-24(6-7-24)22(27)12-21-17-10-16-11-18(21)15-25(13-16,14-17)23(26)28/h2-5,16-18,21H,6-15H2,1H3,(H2,26,28). The van der Waals surface area contributed by atoms with Gasteiger partial charge in [-0.25, -0.2) is 8.42 Å². The molecule has 0 saturated heterocycles. The summed E-state index contributed by atoms with van der Waals surface area (Å²) in [5, 5.41) is 0. The number of ketones is 1. The molecule has 0 aromatic heterocycles. The fraction of sp³-hybridized carbons (Fsp3) is 0.680. The van der Waals surface area contributed by atoms with Crippen molar-refractivity contribution in [2.45, 2.75) is 62.7 Å². The average molecular weight is 460 g/mol. The van der Waals surface area contributed by atoms with Gasteiger partial charge < -0.3 is 10.5 Å². The lowest BCUT2D eigenvalue weighted by Crippen LogP contribution is -2.56. The predicted molar refractivity (Wildman–Crippen MR) is 120 cm³/mol. The fourth-order valence-electron chi connectivity index (χ4n) is 7.24. The second-order valence-electron chi connectivity index (χ2n) is 10.9. The molecule has 0 spiro atoms. The zero-order chi connectivity index (χ0) is 22.7. The number of primary amides is 1. The van der Waals surface area contributed by atoms with Crippen LogP contribution in [-0.2, 0) is 19.4 Å². The molecule has 2 atom stereocenters. The number of hydrogen-bond donors (Lipinski definition) is 1. The SMILES string of the molecule is COc1ccc(S(=O)(=O)CCC2(C(=O)CC3C4CC5CC3CC(C(N)=O)(C5)C4)CC2)cc1. The molecule has 6 nitrogen and oxygen atoms in total. The maximum absolute atomic E-state index is 13.4. The second kappa shape index (κ2) is 7.57. The van der Waals surface area contributed by atoms with E-state index in [4.69, 9.17) is 10.5 Å². The van der Waals surface area contributed by atoms with Crippen LogP contribution in [-0.4, -0.2) is 33.0 Å². The minimum absolute atomic E-state index is 0.00451. The van der Waals surface area contributed by atoms with E-state index in [1.54, 1.807) is 31.4 Å². The number of ether oxygens (including phenoxy) is 1. The zero-order valence-electron chi connectivity index (χ0n) is 18.7. The maximum Gasteiger partial charge on any atom is 0.223 e. The van der Waals surface area contributed by atoms with Crippen LogP contribution in [0.25, 0.3) is 0 Å². The molecule has 0 aliphatic heterocycles. The van der Waals surface area contributed by atoms with Gasteiger partial charge in [0.15, 0.2) is 9.84 Å². The van der Waals surface area contributed by atoms with Crippen molar-refractivity contribution < 1.29 is 22.7 Å². The molecule has 5 saturated carbocycles. The molecule has 4 bridgehead atoms. The number of amides is 1. The molecule has 6 rings (SSSR count). The third-order valence-corrected chi connectivity index (χ3v) is 10.9. The van der Waals surface area contributed by atoms with Crippen molar-refractivity contribution in [3.05, 3.63) is 24.3 Å². The van der Waals surface area contributed by atoms with Crippen LogP contribution in [0.4, 0.5) is 0 Å². The van der Waals surface area contributed by atoms with Gasteiger partial charge in [-0.2, -0.15) is 0 Å². The molecule has 5 aliphatic carbocycles. The number of carbonyl (C=O) groups is 2. The quantitative estimate of drug-likeness (QED) is 0.608. The first-order valence-electron chi connectivity index (χ1n) is 11.9. The van der Waals surface area contributed by atoms with Crippen LogP contribution in [0.1, 0.15) is 57.8 Å². The summed E-state index contributed by atoms with van der Waals surface area (Å²) in [6, 6.07) is 6.43. The molecule has 0 heterocycles. The molecule has 1 aromatic rings. The van der Waals surface area contributed by atoms with E-state index >= 15 is 0 Å². The van der Waals surface area contributed by atoms with E-state index in [0.717, 1.165) is 44.9 Å². The lowest BCUT2D eigenvalue weighted by atomic mass is 9.45. The number of hydrogen-bond acceptors (Lipinski definition) is 5. The predicted octanol–water partition coefficient (Wildman–Crippen LogP) is 3.53. The Balaban J connectivity index is 1.23. The van der Waals surface area contributed by atoms with Crippen LogP contribution in [0.3, 0.4) is 0 Å². The van der Waals surface area contributed by atoms with Crippen molar-refractivity contribution in [2.75, 3.05) is 12.9 Å². The summed E-state index contributed by atoms with van der Waals surface area (Å²) in [4.78, 5) is 25.8. The van der Waals surface area contributed by atoms with E-state index in [1.165, 1.54) is 0 Å². The molecular weight excluding hydrogens is 426 g/mol. The van der Waals surface area contributed by atoms with E-state index in [0.29, 0.717) is 42.3 Å². The lowest BCUT2D eigenvalue weighted by molar-refractivity contribution is -0.152. The van der Waals surface area contributed by atoms with Gasteiger partial charge >= 0.3 is 0 Å². The van der Waals surface area contributed by atoms with E-state index < -0.39 is 15.3 Å². The first-order valence-corrected chi connectivity index (χ1v) is 13.5. The third kappa shape index (κ3) is 3.66. The van der Waals surface area contributed by atoms with Crippen LogP contribution >= 0.6 is 0 Å². The second-order valence-corrected chi connectivity index (χ2v) is 13.0. The molecule has 7 heteroatoms. The molecule has 1 aromatic carbocycles. The summed E-state index contributed by atoms with van der Waals surface area (Å²) >= 11 is 0.